The molecule has 0 spiro atoms. The lowest BCUT2D eigenvalue weighted by Gasteiger charge is -2.34. The van der Waals surface area contributed by atoms with Crippen molar-refractivity contribution in [2.75, 3.05) is 32.1 Å². The van der Waals surface area contributed by atoms with Gasteiger partial charge in [-0.05, 0) is 72.4 Å². The maximum Gasteiger partial charge on any atom is 0.246 e. The van der Waals surface area contributed by atoms with Gasteiger partial charge in [-0.1, -0.05) is 37.3 Å². The molecule has 0 radical (unpaired) electrons. The number of nitrogens with one attached hydrogen (secondary N) is 1. The summed E-state index contributed by atoms with van der Waals surface area (Å²) in [5, 5.41) is 23.6. The third-order valence-electron chi connectivity index (χ3n) is 7.74. The molecule has 0 saturated carbocycles. The van der Waals surface area contributed by atoms with Gasteiger partial charge < -0.3 is 24.8 Å². The highest BCUT2D eigenvalue weighted by Crippen LogP contribution is 2.29. The second-order valence-corrected chi connectivity index (χ2v) is 11.5. The molecule has 0 saturated heterocycles. The number of anilines is 1. The van der Waals surface area contributed by atoms with Gasteiger partial charge in [0.2, 0.25) is 11.8 Å². The Kier molecular flexibility index (Phi) is 10.4. The van der Waals surface area contributed by atoms with Gasteiger partial charge in [0.25, 0.3) is 0 Å². The maximum atomic E-state index is 13.5. The smallest absolute Gasteiger partial charge is 0.246 e. The zero-order valence-electron chi connectivity index (χ0n) is 25.7. The van der Waals surface area contributed by atoms with Crippen LogP contribution in [0.25, 0.3) is 0 Å². The van der Waals surface area contributed by atoms with Crippen LogP contribution >= 0.6 is 0 Å². The number of aliphatic hydroxyl groups excluding tert-OH is 1. The SMILES string of the molecule is C[C@@H]1CN([C@H](C)CO)C(=O)Cc2cc(NC(=O)Cn3cnnn3)ccc2O[C@H]1CN(C)Cc1ccc(Oc2ccccc2)cc1. The standard InChI is InChI=1S/C33H39N7O5/c1-23-17-40(24(2)21-41)33(43)16-26-15-27(35-32(42)20-39-22-34-36-37-39)11-14-30(26)45-31(23)19-38(3)18-25-9-12-29(13-10-25)44-28-7-5-4-6-8-28/h4-15,22-24,31,41H,16-21H2,1-3H3,(H,35,42)/t23-,24-,31+/m1/s1. The summed E-state index contributed by atoms with van der Waals surface area (Å²) in [5.74, 6) is 1.70. The number of ether oxygens (including phenoxy) is 2. The highest BCUT2D eigenvalue weighted by atomic mass is 16.5. The van der Waals surface area contributed by atoms with E-state index in [-0.39, 0.29) is 49.5 Å². The quantitative estimate of drug-likeness (QED) is 0.261. The number of aliphatic hydroxyl groups is 1. The van der Waals surface area contributed by atoms with E-state index in [1.807, 2.05) is 56.4 Å². The number of tetrazole rings is 1. The molecule has 1 aromatic heterocycles. The molecular formula is C33H39N7O5. The van der Waals surface area contributed by atoms with Crippen LogP contribution in [-0.2, 0) is 29.1 Å². The van der Waals surface area contributed by atoms with Crippen molar-refractivity contribution >= 4 is 17.5 Å². The molecule has 3 aromatic carbocycles. The highest BCUT2D eigenvalue weighted by molar-refractivity contribution is 5.91. The molecule has 0 aliphatic carbocycles. The first-order valence-corrected chi connectivity index (χ1v) is 15.0. The Morgan fingerprint density at radius 2 is 1.89 bits per heavy atom. The van der Waals surface area contributed by atoms with Crippen LogP contribution in [0.4, 0.5) is 5.69 Å². The molecule has 2 N–H and O–H groups in total. The largest absolute Gasteiger partial charge is 0.488 e. The van der Waals surface area contributed by atoms with Crippen LogP contribution in [0.3, 0.4) is 0 Å². The van der Waals surface area contributed by atoms with Crippen molar-refractivity contribution in [1.29, 1.82) is 0 Å². The molecule has 12 nitrogen and oxygen atoms in total. The Labute approximate surface area is 262 Å². The van der Waals surface area contributed by atoms with Crippen molar-refractivity contribution in [3.05, 3.63) is 90.3 Å². The number of amides is 2. The Balaban J connectivity index is 1.30. The van der Waals surface area contributed by atoms with E-state index in [1.165, 1.54) is 11.0 Å². The van der Waals surface area contributed by atoms with Gasteiger partial charge in [-0.2, -0.15) is 0 Å². The van der Waals surface area contributed by atoms with E-state index in [0.29, 0.717) is 36.6 Å². The van der Waals surface area contributed by atoms with E-state index < -0.39 is 0 Å². The summed E-state index contributed by atoms with van der Waals surface area (Å²) < 4.78 is 13.9. The average molecular weight is 614 g/mol. The van der Waals surface area contributed by atoms with Gasteiger partial charge in [0.15, 0.2) is 0 Å². The molecule has 5 rings (SSSR count). The number of nitrogens with zero attached hydrogens (tertiary/aromatic N) is 6. The molecule has 1 aliphatic heterocycles. The van der Waals surface area contributed by atoms with Gasteiger partial charge in [0.05, 0.1) is 19.1 Å². The molecule has 0 fully saturated rings. The van der Waals surface area contributed by atoms with E-state index in [9.17, 15) is 14.7 Å². The zero-order valence-corrected chi connectivity index (χ0v) is 25.7. The lowest BCUT2D eigenvalue weighted by Crippen LogP contribution is -2.47. The first-order chi connectivity index (χ1) is 21.8. The van der Waals surface area contributed by atoms with E-state index in [2.05, 4.69) is 44.8 Å². The van der Waals surface area contributed by atoms with Crippen LogP contribution in [0.2, 0.25) is 0 Å². The minimum absolute atomic E-state index is 0.0336. The highest BCUT2D eigenvalue weighted by Gasteiger charge is 2.31. The van der Waals surface area contributed by atoms with E-state index in [0.717, 1.165) is 17.1 Å². The number of hydrogen-bond donors (Lipinski definition) is 2. The van der Waals surface area contributed by atoms with Crippen molar-refractivity contribution in [2.45, 2.75) is 45.5 Å². The van der Waals surface area contributed by atoms with Crippen LogP contribution in [0, 0.1) is 5.92 Å². The molecule has 1 aliphatic rings. The summed E-state index contributed by atoms with van der Waals surface area (Å²) in [6.07, 6.45) is 1.18. The number of carbonyl (C=O) groups excluding carboxylic acids is 2. The first-order valence-electron chi connectivity index (χ1n) is 15.0. The number of carbonyl (C=O) groups is 2. The summed E-state index contributed by atoms with van der Waals surface area (Å²) in [7, 11) is 2.04. The Morgan fingerprint density at radius 1 is 1.13 bits per heavy atom. The number of para-hydroxylation sites is 1. The van der Waals surface area contributed by atoms with E-state index in [4.69, 9.17) is 9.47 Å². The van der Waals surface area contributed by atoms with E-state index in [1.54, 1.807) is 23.1 Å². The van der Waals surface area contributed by atoms with Crippen molar-refractivity contribution < 1.29 is 24.2 Å². The normalized spacial score (nSPS) is 17.4. The summed E-state index contributed by atoms with van der Waals surface area (Å²) in [6.45, 7) is 5.44. The molecule has 2 heterocycles. The fourth-order valence-electron chi connectivity index (χ4n) is 5.30. The first kappa shape index (κ1) is 31.6. The molecule has 12 heteroatoms. The summed E-state index contributed by atoms with van der Waals surface area (Å²) in [4.78, 5) is 30.0. The summed E-state index contributed by atoms with van der Waals surface area (Å²) in [5.41, 5.74) is 2.32. The number of aromatic nitrogens is 4. The van der Waals surface area contributed by atoms with Crippen molar-refractivity contribution in [3.8, 4) is 17.2 Å². The lowest BCUT2D eigenvalue weighted by molar-refractivity contribution is -0.134. The average Bonchev–Trinajstić information content (AvgIpc) is 3.55. The van der Waals surface area contributed by atoms with Gasteiger partial charge in [-0.15, -0.1) is 5.10 Å². The van der Waals surface area contributed by atoms with E-state index >= 15 is 0 Å². The molecule has 45 heavy (non-hydrogen) atoms. The zero-order chi connectivity index (χ0) is 31.8. The monoisotopic (exact) mass is 613 g/mol. The Bertz CT molecular complexity index is 1550. The third kappa shape index (κ3) is 8.64. The molecule has 0 unspecified atom stereocenters. The molecular weight excluding hydrogens is 574 g/mol. The van der Waals surface area contributed by atoms with Gasteiger partial charge >= 0.3 is 0 Å². The second kappa shape index (κ2) is 14.8. The van der Waals surface area contributed by atoms with Crippen molar-refractivity contribution in [3.63, 3.8) is 0 Å². The van der Waals surface area contributed by atoms with Gasteiger partial charge in [0, 0.05) is 36.8 Å². The van der Waals surface area contributed by atoms with Crippen LogP contribution in [-0.4, -0.2) is 85.8 Å². The predicted octanol–water partition coefficient (Wildman–Crippen LogP) is 3.39. The van der Waals surface area contributed by atoms with Crippen molar-refractivity contribution in [2.24, 2.45) is 5.92 Å². The predicted molar refractivity (Wildman–Crippen MR) is 168 cm³/mol. The molecule has 236 valence electrons. The summed E-state index contributed by atoms with van der Waals surface area (Å²) >= 11 is 0. The van der Waals surface area contributed by atoms with Crippen LogP contribution in [0.15, 0.2) is 79.1 Å². The number of benzene rings is 3. The fourth-order valence-corrected chi connectivity index (χ4v) is 5.30. The maximum absolute atomic E-state index is 13.5. The molecule has 3 atom stereocenters. The number of likely N-dealkylation sites (N-methyl/N-ethyl adjacent to an activating group) is 1. The topological polar surface area (TPSA) is 135 Å². The van der Waals surface area contributed by atoms with Gasteiger partial charge in [-0.3, -0.25) is 14.5 Å². The minimum Gasteiger partial charge on any atom is -0.488 e. The molecule has 2 amide bonds. The fraction of sp³-hybridized carbons (Fsp3) is 0.364. The number of fused-ring (bicyclic) bond motifs is 1. The third-order valence-corrected chi connectivity index (χ3v) is 7.74. The number of hydrogen-bond acceptors (Lipinski definition) is 9. The number of rotatable bonds is 11. The van der Waals surface area contributed by atoms with Crippen LogP contribution in [0.1, 0.15) is 25.0 Å². The Hall–Kier alpha value is -4.81. The molecule has 4 aromatic rings. The van der Waals surface area contributed by atoms with Crippen LogP contribution in [0.5, 0.6) is 17.2 Å². The second-order valence-electron chi connectivity index (χ2n) is 11.5. The van der Waals surface area contributed by atoms with Crippen LogP contribution < -0.4 is 14.8 Å². The lowest BCUT2D eigenvalue weighted by atomic mass is 10.0. The van der Waals surface area contributed by atoms with Crippen molar-refractivity contribution in [1.82, 2.24) is 30.0 Å². The summed E-state index contributed by atoms with van der Waals surface area (Å²) in [6, 6.07) is 22.7. The van der Waals surface area contributed by atoms with Gasteiger partial charge in [0.1, 0.15) is 36.2 Å². The molecule has 0 bridgehead atoms. The van der Waals surface area contributed by atoms with Gasteiger partial charge in [-0.25, -0.2) is 4.68 Å². The minimum atomic E-state index is -0.351. The Morgan fingerprint density at radius 3 is 2.60 bits per heavy atom.